The number of aliphatic hydroxyl groups is 2. The van der Waals surface area contributed by atoms with Gasteiger partial charge in [0.25, 0.3) is 5.91 Å². The van der Waals surface area contributed by atoms with Crippen LogP contribution in [-0.2, 0) is 25.9 Å². The van der Waals surface area contributed by atoms with Crippen molar-refractivity contribution in [2.75, 3.05) is 13.2 Å². The van der Waals surface area contributed by atoms with E-state index < -0.39 is 5.72 Å². The van der Waals surface area contributed by atoms with Gasteiger partial charge in [0, 0.05) is 50.2 Å². The third-order valence-electron chi connectivity index (χ3n) is 7.69. The van der Waals surface area contributed by atoms with Gasteiger partial charge in [-0.15, -0.1) is 0 Å². The average molecular weight is 907 g/mol. The summed E-state index contributed by atoms with van der Waals surface area (Å²) in [6.07, 6.45) is 13.0. The Morgan fingerprint density at radius 1 is 1.00 bits per heavy atom. The number of amides is 1. The van der Waals surface area contributed by atoms with Crippen molar-refractivity contribution in [3.05, 3.63) is 48.9 Å². The molecule has 1 aliphatic carbocycles. The number of ether oxygens (including phenoxy) is 1. The molecule has 8 nitrogen and oxygen atoms in total. The fourth-order valence-electron chi connectivity index (χ4n) is 4.54. The Balaban J connectivity index is -0.000000155. The Bertz CT molecular complexity index is 1030. The van der Waals surface area contributed by atoms with Crippen molar-refractivity contribution in [1.82, 2.24) is 5.32 Å². The Morgan fingerprint density at radius 3 is 1.87 bits per heavy atom. The molecule has 1 fully saturated rings. The molecule has 0 saturated heterocycles. The van der Waals surface area contributed by atoms with E-state index in [9.17, 15) is 9.90 Å². The molecule has 0 aliphatic heterocycles. The fourth-order valence-corrected chi connectivity index (χ4v) is 4.54. The monoisotopic (exact) mass is 907 g/mol. The van der Waals surface area contributed by atoms with E-state index in [1.165, 1.54) is 57.1 Å². The van der Waals surface area contributed by atoms with Crippen molar-refractivity contribution in [2.24, 2.45) is 17.6 Å². The van der Waals surface area contributed by atoms with Gasteiger partial charge in [-0.05, 0) is 82.1 Å². The maximum atomic E-state index is 12.4. The van der Waals surface area contributed by atoms with Gasteiger partial charge in [-0.2, -0.15) is 0 Å². The number of rotatable bonds is 15. The van der Waals surface area contributed by atoms with Crippen molar-refractivity contribution in [3.8, 4) is 11.5 Å². The Kier molecular flexibility index (Phi) is 47.9. The molecule has 52 heavy (non-hydrogen) atoms. The number of aliphatic hydroxyl groups excluding tert-OH is 1. The van der Waals surface area contributed by atoms with E-state index >= 15 is 0 Å². The van der Waals surface area contributed by atoms with Gasteiger partial charge in [-0.3, -0.25) is 4.79 Å². The van der Waals surface area contributed by atoms with Gasteiger partial charge in [0.15, 0.2) is 0 Å². The maximum absolute atomic E-state index is 12.4. The second kappa shape index (κ2) is 40.2. The minimum atomic E-state index is -0.806. The molecule has 1 aromatic rings. The predicted octanol–water partition coefficient (Wildman–Crippen LogP) is 11.4. The first-order valence-electron chi connectivity index (χ1n) is 19.4. The normalized spacial score (nSPS) is 15.8. The van der Waals surface area contributed by atoms with Crippen LogP contribution in [-0.4, -0.2) is 45.9 Å². The largest absolute Gasteiger partial charge is 0.508 e. The number of aromatic hydroxyl groups is 1. The summed E-state index contributed by atoms with van der Waals surface area (Å²) in [6.45, 7) is 31.1. The average Bonchev–Trinajstić information content (AvgIpc) is 3.08. The van der Waals surface area contributed by atoms with Gasteiger partial charge < -0.3 is 43.9 Å². The number of allylic oxidation sites excluding steroid dienone is 1. The summed E-state index contributed by atoms with van der Waals surface area (Å²) in [5.74, 6) is 1.69. The van der Waals surface area contributed by atoms with Crippen molar-refractivity contribution in [2.45, 2.75) is 173 Å². The Morgan fingerprint density at radius 2 is 1.52 bits per heavy atom. The molecule has 0 heterocycles. The summed E-state index contributed by atoms with van der Waals surface area (Å²) < 4.78 is 5.50. The van der Waals surface area contributed by atoms with Gasteiger partial charge in [0.2, 0.25) is 0 Å². The number of nitrogens with one attached hydrogen (secondary N) is 2. The second-order valence-corrected chi connectivity index (χ2v) is 12.8. The molecule has 1 atom stereocenters. The molecule has 9 heteroatoms. The van der Waals surface area contributed by atoms with E-state index in [0.717, 1.165) is 31.6 Å². The molecule has 1 aromatic carbocycles. The number of phenolic OH excluding ortho intramolecular Hbond substituents is 1. The molecule has 0 bridgehead atoms. The van der Waals surface area contributed by atoms with Gasteiger partial charge in [-0.25, -0.2) is 0 Å². The summed E-state index contributed by atoms with van der Waals surface area (Å²) in [5.41, 5.74) is 6.94. The maximum Gasteiger partial charge on any atom is 0.251 e. The van der Waals surface area contributed by atoms with Crippen LogP contribution in [0.2, 0.25) is 0 Å². The third kappa shape index (κ3) is 32.6. The molecule has 1 saturated carbocycles. The van der Waals surface area contributed by atoms with Crippen LogP contribution in [0.1, 0.15) is 173 Å². The number of nitrogens with two attached hydrogens (primary N) is 1. The van der Waals surface area contributed by atoms with Crippen LogP contribution in [0.4, 0.5) is 0 Å². The summed E-state index contributed by atoms with van der Waals surface area (Å²) in [5, 5.41) is 37.9. The van der Waals surface area contributed by atoms with Crippen LogP contribution < -0.4 is 15.8 Å². The standard InChI is InChI=1S/C19H26N2O3.C9H20O.C5H11NO.C4H10.C3H8.C2H6.CH3.W/c1-6-8-17(20)12(3)13(4)19(23)21-14(5)16-11-15(22)9-10-18(16)24-7-2;1-3-5-6-9(4-2)7-8-10;1-4-2-5(6,7)3-4;1-3-4-2;1-3-2;1-2;;/h9-11,20,22H,5-8H2,1-4H3,(H,21,23);9-10H,3-8H2,1-2H3;4,7H,2-3,6H2,1H3;3-4H2,1-2H3;3H2,1-2H3;1-2H3;1H3;/q;;;;;;-1;/b13-12+,20-17?;;;;;;;. The van der Waals surface area contributed by atoms with Gasteiger partial charge in [0.05, 0.1) is 6.61 Å². The number of benzene rings is 1. The summed E-state index contributed by atoms with van der Waals surface area (Å²) in [7, 11) is 0. The van der Waals surface area contributed by atoms with Crippen LogP contribution in [0, 0.1) is 24.7 Å². The number of hydrogen-bond acceptors (Lipinski definition) is 7. The first-order valence-corrected chi connectivity index (χ1v) is 19.4. The van der Waals surface area contributed by atoms with E-state index in [1.54, 1.807) is 19.9 Å². The van der Waals surface area contributed by atoms with Crippen molar-refractivity contribution >= 4 is 17.3 Å². The molecule has 7 N–H and O–H groups in total. The van der Waals surface area contributed by atoms with E-state index in [1.807, 2.05) is 27.7 Å². The minimum Gasteiger partial charge on any atom is -0.508 e. The van der Waals surface area contributed by atoms with Crippen LogP contribution in [0.3, 0.4) is 0 Å². The number of phenols is 1. The van der Waals surface area contributed by atoms with E-state index in [0.29, 0.717) is 59.4 Å². The number of carbonyl (C=O) groups excluding carboxylic acids is 1. The zero-order chi connectivity index (χ0) is 39.7. The molecule has 0 spiro atoms. The molecular weight excluding hydrogens is 822 g/mol. The van der Waals surface area contributed by atoms with Crippen LogP contribution in [0.5, 0.6) is 11.5 Å². The summed E-state index contributed by atoms with van der Waals surface area (Å²) in [4.78, 5) is 12.4. The molecule has 1 unspecified atom stereocenters. The van der Waals surface area contributed by atoms with Crippen molar-refractivity contribution in [3.63, 3.8) is 0 Å². The van der Waals surface area contributed by atoms with Crippen molar-refractivity contribution in [1.29, 1.82) is 5.41 Å². The van der Waals surface area contributed by atoms with E-state index in [-0.39, 0.29) is 40.1 Å². The topological polar surface area (TPSA) is 149 Å². The smallest absolute Gasteiger partial charge is 0.251 e. The fraction of sp³-hybridized carbons (Fsp3) is 0.698. The van der Waals surface area contributed by atoms with Crippen LogP contribution in [0.25, 0.3) is 5.70 Å². The number of unbranched alkanes of at least 4 members (excludes halogenated alkanes) is 2. The molecule has 308 valence electrons. The number of carbonyl (C=O) groups is 1. The zero-order valence-corrected chi connectivity index (χ0v) is 39.1. The van der Waals surface area contributed by atoms with Crippen molar-refractivity contribution < 1.29 is 45.9 Å². The molecule has 1 amide bonds. The summed E-state index contributed by atoms with van der Waals surface area (Å²) in [6, 6.07) is 4.65. The Hall–Kier alpha value is -1.99. The second-order valence-electron chi connectivity index (χ2n) is 12.8. The predicted molar refractivity (Wildman–Crippen MR) is 224 cm³/mol. The quantitative estimate of drug-likeness (QED) is 0.0447. The first-order chi connectivity index (χ1) is 23.6. The van der Waals surface area contributed by atoms with Gasteiger partial charge in [0.1, 0.15) is 17.2 Å². The minimum absolute atomic E-state index is 0. The summed E-state index contributed by atoms with van der Waals surface area (Å²) >= 11 is 0. The van der Waals surface area contributed by atoms with E-state index in [2.05, 4.69) is 60.4 Å². The SMILES string of the molecule is C=C(NC(=O)/C(C)=C(\C)C(=N)CCC)c1cc(O)ccc1OCC.CC.CC1CC(N)(O)C1.CCC.CCCC.CCCCC(CC)CCO.[CH3-].[W]. The van der Waals surface area contributed by atoms with Crippen LogP contribution in [0.15, 0.2) is 35.9 Å². The third-order valence-corrected chi connectivity index (χ3v) is 7.69. The molecule has 2 rings (SSSR count). The molecule has 0 aromatic heterocycles. The molecule has 0 radical (unpaired) electrons. The zero-order valence-electron chi connectivity index (χ0n) is 36.1. The Labute approximate surface area is 336 Å². The van der Waals surface area contributed by atoms with Gasteiger partial charge >= 0.3 is 0 Å². The van der Waals surface area contributed by atoms with E-state index in [4.69, 9.17) is 26.1 Å². The number of hydrogen-bond donors (Lipinski definition) is 6. The van der Waals surface area contributed by atoms with Gasteiger partial charge in [-0.1, -0.05) is 127 Å². The first kappa shape index (κ1) is 62.0. The molecular formula is C43H84N3O5W-. The molecule has 1 aliphatic rings. The van der Waals surface area contributed by atoms with Crippen LogP contribution >= 0.6 is 0 Å².